The van der Waals surface area contributed by atoms with Crippen molar-refractivity contribution in [3.05, 3.63) is 39.9 Å². The van der Waals surface area contributed by atoms with Crippen molar-refractivity contribution in [2.45, 2.75) is 12.5 Å². The lowest BCUT2D eigenvalue weighted by atomic mass is 10.1. The summed E-state index contributed by atoms with van der Waals surface area (Å²) < 4.78 is 13.6. The number of rotatable bonds is 3. The van der Waals surface area contributed by atoms with Crippen LogP contribution in [0.4, 0.5) is 4.39 Å². The third kappa shape index (κ3) is 2.86. The fourth-order valence-corrected chi connectivity index (χ4v) is 1.66. The quantitative estimate of drug-likeness (QED) is 0.930. The van der Waals surface area contributed by atoms with Crippen molar-refractivity contribution in [2.24, 2.45) is 7.05 Å². The predicted octanol–water partition coefficient (Wildman–Crippen LogP) is 1.39. The van der Waals surface area contributed by atoms with Crippen LogP contribution in [0.1, 0.15) is 17.5 Å². The van der Waals surface area contributed by atoms with Gasteiger partial charge in [0.2, 0.25) is 0 Å². The van der Waals surface area contributed by atoms with Gasteiger partial charge < -0.3 is 5.11 Å². The zero-order valence-electron chi connectivity index (χ0n) is 9.01. The van der Waals surface area contributed by atoms with Gasteiger partial charge in [-0.2, -0.15) is 4.80 Å². The molecule has 0 saturated heterocycles. The molecular weight excluding hydrogens is 291 g/mol. The van der Waals surface area contributed by atoms with Gasteiger partial charge in [0.25, 0.3) is 0 Å². The van der Waals surface area contributed by atoms with Crippen molar-refractivity contribution in [3.8, 4) is 0 Å². The molecule has 0 aliphatic heterocycles. The van der Waals surface area contributed by atoms with E-state index in [0.29, 0.717) is 15.9 Å². The lowest BCUT2D eigenvalue weighted by Crippen LogP contribution is -2.04. The first-order valence-corrected chi connectivity index (χ1v) is 5.71. The van der Waals surface area contributed by atoms with Gasteiger partial charge in [-0.05, 0) is 38.8 Å². The molecule has 1 aromatic carbocycles. The maximum absolute atomic E-state index is 13.3. The van der Waals surface area contributed by atoms with Gasteiger partial charge >= 0.3 is 0 Å². The Kier molecular flexibility index (Phi) is 3.49. The third-order valence-corrected chi connectivity index (χ3v) is 2.90. The van der Waals surface area contributed by atoms with Crippen molar-refractivity contribution in [1.82, 2.24) is 20.2 Å². The highest BCUT2D eigenvalue weighted by molar-refractivity contribution is 9.10. The number of hydrogen-bond donors (Lipinski definition) is 1. The molecule has 90 valence electrons. The molecule has 0 fully saturated rings. The number of aliphatic hydroxyl groups is 1. The monoisotopic (exact) mass is 300 g/mol. The number of tetrazole rings is 1. The number of hydrogen-bond acceptors (Lipinski definition) is 4. The minimum atomic E-state index is -0.846. The summed E-state index contributed by atoms with van der Waals surface area (Å²) >= 11 is 3.05. The first-order chi connectivity index (χ1) is 8.06. The van der Waals surface area contributed by atoms with Crippen LogP contribution in [-0.4, -0.2) is 25.3 Å². The molecule has 1 aromatic heterocycles. The van der Waals surface area contributed by atoms with Crippen molar-refractivity contribution in [1.29, 1.82) is 0 Å². The van der Waals surface area contributed by atoms with E-state index >= 15 is 0 Å². The van der Waals surface area contributed by atoms with Gasteiger partial charge in [-0.25, -0.2) is 4.39 Å². The van der Waals surface area contributed by atoms with Crippen molar-refractivity contribution in [3.63, 3.8) is 0 Å². The lowest BCUT2D eigenvalue weighted by molar-refractivity contribution is 0.175. The molecule has 7 heteroatoms. The third-order valence-electron chi connectivity index (χ3n) is 2.25. The van der Waals surface area contributed by atoms with Gasteiger partial charge in [-0.3, -0.25) is 0 Å². The molecule has 1 atom stereocenters. The highest BCUT2D eigenvalue weighted by Crippen LogP contribution is 2.22. The Labute approximate surface area is 105 Å². The van der Waals surface area contributed by atoms with Crippen LogP contribution in [-0.2, 0) is 13.5 Å². The van der Waals surface area contributed by atoms with Crippen molar-refractivity contribution in [2.75, 3.05) is 0 Å². The van der Waals surface area contributed by atoms with E-state index in [1.165, 1.54) is 10.9 Å². The van der Waals surface area contributed by atoms with Crippen LogP contribution < -0.4 is 0 Å². The van der Waals surface area contributed by atoms with Crippen LogP contribution in [0.15, 0.2) is 22.7 Å². The Balaban J connectivity index is 2.14. The summed E-state index contributed by atoms with van der Waals surface area (Å²) in [7, 11) is 1.64. The van der Waals surface area contributed by atoms with Crippen LogP contribution in [0.25, 0.3) is 0 Å². The predicted molar refractivity (Wildman–Crippen MR) is 61.6 cm³/mol. The Morgan fingerprint density at radius 2 is 2.29 bits per heavy atom. The highest BCUT2D eigenvalue weighted by atomic mass is 79.9. The van der Waals surface area contributed by atoms with Gasteiger partial charge in [0.15, 0.2) is 5.82 Å². The summed E-state index contributed by atoms with van der Waals surface area (Å²) in [5.74, 6) is 0.0111. The van der Waals surface area contributed by atoms with Crippen LogP contribution in [0.5, 0.6) is 0 Å². The Bertz CT molecular complexity index is 531. The van der Waals surface area contributed by atoms with E-state index in [0.717, 1.165) is 0 Å². The molecule has 0 bridgehead atoms. The Hall–Kier alpha value is -1.34. The number of benzene rings is 1. The SMILES string of the molecule is Cn1nnc(CC(O)c2ccc(Br)c(F)c2)n1. The Morgan fingerprint density at radius 3 is 2.88 bits per heavy atom. The fourth-order valence-electron chi connectivity index (χ4n) is 1.42. The first-order valence-electron chi connectivity index (χ1n) is 4.92. The summed E-state index contributed by atoms with van der Waals surface area (Å²) in [5, 5.41) is 21.3. The zero-order chi connectivity index (χ0) is 12.4. The summed E-state index contributed by atoms with van der Waals surface area (Å²) in [6.07, 6.45) is -0.642. The smallest absolute Gasteiger partial charge is 0.177 e. The summed E-state index contributed by atoms with van der Waals surface area (Å²) in [6.45, 7) is 0. The average Bonchev–Trinajstić information content (AvgIpc) is 2.68. The first kappa shape index (κ1) is 12.1. The molecule has 2 rings (SSSR count). The maximum atomic E-state index is 13.3. The van der Waals surface area contributed by atoms with E-state index in [2.05, 4.69) is 31.3 Å². The summed E-state index contributed by atoms with van der Waals surface area (Å²) in [5.41, 5.74) is 0.484. The van der Waals surface area contributed by atoms with E-state index < -0.39 is 11.9 Å². The van der Waals surface area contributed by atoms with E-state index in [-0.39, 0.29) is 6.42 Å². The highest BCUT2D eigenvalue weighted by Gasteiger charge is 2.13. The number of aromatic nitrogens is 4. The minimum absolute atomic E-state index is 0.203. The van der Waals surface area contributed by atoms with E-state index in [1.54, 1.807) is 19.2 Å². The number of nitrogens with zero attached hydrogens (tertiary/aromatic N) is 4. The van der Waals surface area contributed by atoms with E-state index in [9.17, 15) is 9.50 Å². The molecule has 2 aromatic rings. The molecule has 0 radical (unpaired) electrons. The van der Waals surface area contributed by atoms with Crippen molar-refractivity contribution < 1.29 is 9.50 Å². The molecular formula is C10H10BrFN4O. The van der Waals surface area contributed by atoms with Gasteiger partial charge in [0.1, 0.15) is 5.82 Å². The number of aryl methyl sites for hydroxylation is 1. The van der Waals surface area contributed by atoms with E-state index in [1.807, 2.05) is 0 Å². The normalized spacial score (nSPS) is 12.7. The molecule has 1 heterocycles. The summed E-state index contributed by atoms with van der Waals surface area (Å²) in [4.78, 5) is 1.31. The van der Waals surface area contributed by atoms with Gasteiger partial charge in [-0.1, -0.05) is 6.07 Å². The second-order valence-electron chi connectivity index (χ2n) is 3.59. The second-order valence-corrected chi connectivity index (χ2v) is 4.44. The molecule has 0 spiro atoms. The topological polar surface area (TPSA) is 63.8 Å². The van der Waals surface area contributed by atoms with Gasteiger partial charge in [0.05, 0.1) is 17.6 Å². The molecule has 1 unspecified atom stereocenters. The fraction of sp³-hybridized carbons (Fsp3) is 0.300. The largest absolute Gasteiger partial charge is 0.388 e. The molecule has 1 N–H and O–H groups in total. The van der Waals surface area contributed by atoms with Gasteiger partial charge in [-0.15, -0.1) is 10.2 Å². The zero-order valence-corrected chi connectivity index (χ0v) is 10.6. The second kappa shape index (κ2) is 4.89. The number of aliphatic hydroxyl groups excluding tert-OH is 1. The molecule has 0 amide bonds. The lowest BCUT2D eigenvalue weighted by Gasteiger charge is -2.08. The molecule has 0 aliphatic rings. The van der Waals surface area contributed by atoms with Crippen LogP contribution in [0.2, 0.25) is 0 Å². The maximum Gasteiger partial charge on any atom is 0.177 e. The minimum Gasteiger partial charge on any atom is -0.388 e. The van der Waals surface area contributed by atoms with E-state index in [4.69, 9.17) is 0 Å². The standard InChI is InChI=1S/C10H10BrFN4O/c1-16-14-10(13-15-16)5-9(17)6-2-3-7(11)8(12)4-6/h2-4,9,17H,5H2,1H3. The Morgan fingerprint density at radius 1 is 1.53 bits per heavy atom. The average molecular weight is 301 g/mol. The molecule has 0 saturated carbocycles. The van der Waals surface area contributed by atoms with Crippen molar-refractivity contribution >= 4 is 15.9 Å². The molecule has 17 heavy (non-hydrogen) atoms. The molecule has 0 aliphatic carbocycles. The molecule has 5 nitrogen and oxygen atoms in total. The number of halogens is 2. The van der Waals surface area contributed by atoms with Crippen LogP contribution in [0.3, 0.4) is 0 Å². The summed E-state index contributed by atoms with van der Waals surface area (Å²) in [6, 6.07) is 4.48. The van der Waals surface area contributed by atoms with Crippen LogP contribution in [0, 0.1) is 5.82 Å². The van der Waals surface area contributed by atoms with Gasteiger partial charge in [0, 0.05) is 6.42 Å². The van der Waals surface area contributed by atoms with Crippen LogP contribution >= 0.6 is 15.9 Å².